The van der Waals surface area contributed by atoms with E-state index in [4.69, 9.17) is 9.47 Å². The molecule has 0 radical (unpaired) electrons. The Kier molecular flexibility index (Phi) is 5.98. The van der Waals surface area contributed by atoms with E-state index in [1.807, 2.05) is 13.8 Å². The average Bonchev–Trinajstić information content (AvgIpc) is 2.13. The Morgan fingerprint density at radius 2 is 1.87 bits per heavy atom. The molecule has 0 aromatic rings. The first-order valence-electron chi connectivity index (χ1n) is 5.01. The smallest absolute Gasteiger partial charge is 0.266 e. The van der Waals surface area contributed by atoms with Gasteiger partial charge in [0.1, 0.15) is 0 Å². The van der Waals surface area contributed by atoms with E-state index in [-0.39, 0.29) is 13.0 Å². The van der Waals surface area contributed by atoms with Gasteiger partial charge in [-0.05, 0) is 19.9 Å². The minimum Gasteiger partial charge on any atom is -0.382 e. The minimum absolute atomic E-state index is 0.173. The molecule has 0 fully saturated rings. The van der Waals surface area contributed by atoms with Gasteiger partial charge in [0.15, 0.2) is 0 Å². The Bertz CT molecular complexity index is 201. The van der Waals surface area contributed by atoms with Crippen molar-refractivity contribution in [3.63, 3.8) is 0 Å². The molecule has 0 saturated carbocycles. The van der Waals surface area contributed by atoms with Gasteiger partial charge in [-0.15, -0.1) is 0 Å². The lowest BCUT2D eigenvalue weighted by molar-refractivity contribution is -0.0536. The van der Waals surface area contributed by atoms with Gasteiger partial charge in [-0.2, -0.15) is 0 Å². The number of allylic oxidation sites excluding steroid dienone is 1. The van der Waals surface area contributed by atoms with Gasteiger partial charge in [-0.3, -0.25) is 0 Å². The molecule has 4 heteroatoms. The van der Waals surface area contributed by atoms with Crippen LogP contribution in [0.25, 0.3) is 0 Å². The predicted molar refractivity (Wildman–Crippen MR) is 56.3 cm³/mol. The fraction of sp³-hybridized carbons (Fsp3) is 0.818. The average molecular weight is 222 g/mol. The van der Waals surface area contributed by atoms with E-state index in [0.717, 1.165) is 6.08 Å². The second-order valence-electron chi connectivity index (χ2n) is 4.02. The number of ether oxygens (including phenoxy) is 2. The number of methoxy groups -OCH3 is 1. The van der Waals surface area contributed by atoms with Crippen LogP contribution in [-0.4, -0.2) is 31.8 Å². The summed E-state index contributed by atoms with van der Waals surface area (Å²) in [4.78, 5) is 0. The minimum atomic E-state index is -2.73. The monoisotopic (exact) mass is 222 g/mol. The summed E-state index contributed by atoms with van der Waals surface area (Å²) in [7, 11) is 1.58. The number of alkyl halides is 2. The van der Waals surface area contributed by atoms with Crippen LogP contribution in [0.3, 0.4) is 0 Å². The van der Waals surface area contributed by atoms with Gasteiger partial charge in [0.25, 0.3) is 5.92 Å². The van der Waals surface area contributed by atoms with Crippen LogP contribution in [0.4, 0.5) is 8.78 Å². The van der Waals surface area contributed by atoms with Crippen molar-refractivity contribution in [2.45, 2.75) is 38.7 Å². The molecule has 0 rings (SSSR count). The summed E-state index contributed by atoms with van der Waals surface area (Å²) >= 11 is 0. The standard InChI is InChI=1S/C11H20F2O2/c1-5-11(12,13)7-6-8-15-10(2,3)9-14-4/h6-7H,5,8-9H2,1-4H3/b7-6+. The highest BCUT2D eigenvalue weighted by atomic mass is 19.3. The van der Waals surface area contributed by atoms with Crippen molar-refractivity contribution < 1.29 is 18.3 Å². The van der Waals surface area contributed by atoms with Crippen LogP contribution >= 0.6 is 0 Å². The van der Waals surface area contributed by atoms with E-state index in [1.54, 1.807) is 7.11 Å². The third-order valence-electron chi connectivity index (χ3n) is 1.90. The molecular weight excluding hydrogens is 202 g/mol. The first-order chi connectivity index (χ1) is 6.83. The first kappa shape index (κ1) is 14.5. The molecule has 0 saturated heterocycles. The molecule has 0 spiro atoms. The summed E-state index contributed by atoms with van der Waals surface area (Å²) in [5.74, 6) is -2.73. The Hall–Kier alpha value is -0.480. The lowest BCUT2D eigenvalue weighted by atomic mass is 10.1. The van der Waals surface area contributed by atoms with Crippen LogP contribution < -0.4 is 0 Å². The van der Waals surface area contributed by atoms with E-state index in [0.29, 0.717) is 6.61 Å². The summed E-state index contributed by atoms with van der Waals surface area (Å²) in [6.07, 6.45) is 2.04. The predicted octanol–water partition coefficient (Wildman–Crippen LogP) is 3.03. The molecule has 90 valence electrons. The summed E-state index contributed by atoms with van der Waals surface area (Å²) in [6.45, 7) is 5.75. The molecule has 0 aliphatic carbocycles. The molecule has 0 unspecified atom stereocenters. The number of rotatable bonds is 7. The van der Waals surface area contributed by atoms with Crippen molar-refractivity contribution in [3.8, 4) is 0 Å². The van der Waals surface area contributed by atoms with Gasteiger partial charge in [0.05, 0.1) is 18.8 Å². The lowest BCUT2D eigenvalue weighted by Crippen LogP contribution is -2.30. The van der Waals surface area contributed by atoms with Gasteiger partial charge in [0.2, 0.25) is 0 Å². The van der Waals surface area contributed by atoms with E-state index in [2.05, 4.69) is 0 Å². The van der Waals surface area contributed by atoms with E-state index in [9.17, 15) is 8.78 Å². The van der Waals surface area contributed by atoms with Crippen LogP contribution in [0.2, 0.25) is 0 Å². The molecule has 0 aromatic carbocycles. The summed E-state index contributed by atoms with van der Waals surface area (Å²) in [6, 6.07) is 0. The second kappa shape index (κ2) is 6.18. The largest absolute Gasteiger partial charge is 0.382 e. The van der Waals surface area contributed by atoms with E-state index >= 15 is 0 Å². The van der Waals surface area contributed by atoms with Crippen molar-refractivity contribution >= 4 is 0 Å². The van der Waals surface area contributed by atoms with Gasteiger partial charge in [-0.25, -0.2) is 8.78 Å². The second-order valence-corrected chi connectivity index (χ2v) is 4.02. The zero-order chi connectivity index (χ0) is 11.9. The van der Waals surface area contributed by atoms with Gasteiger partial charge in [0, 0.05) is 13.5 Å². The first-order valence-corrected chi connectivity index (χ1v) is 5.01. The number of hydrogen-bond acceptors (Lipinski definition) is 2. The van der Waals surface area contributed by atoms with E-state index < -0.39 is 11.5 Å². The van der Waals surface area contributed by atoms with Crippen molar-refractivity contribution in [2.75, 3.05) is 20.3 Å². The van der Waals surface area contributed by atoms with Crippen LogP contribution in [0.15, 0.2) is 12.2 Å². The molecule has 0 aromatic heterocycles. The van der Waals surface area contributed by atoms with E-state index in [1.165, 1.54) is 13.0 Å². The summed E-state index contributed by atoms with van der Waals surface area (Å²) in [5.41, 5.74) is -0.444. The molecule has 0 aliphatic rings. The third kappa shape index (κ3) is 7.45. The number of halogens is 2. The topological polar surface area (TPSA) is 18.5 Å². The van der Waals surface area contributed by atoms with Gasteiger partial charge in [-0.1, -0.05) is 13.0 Å². The maximum atomic E-state index is 12.8. The maximum absolute atomic E-state index is 12.8. The Morgan fingerprint density at radius 3 is 2.33 bits per heavy atom. The van der Waals surface area contributed by atoms with Crippen LogP contribution in [0, 0.1) is 0 Å². The molecule has 0 bridgehead atoms. The molecule has 0 heterocycles. The molecule has 0 aliphatic heterocycles. The Labute approximate surface area is 90.3 Å². The molecule has 2 nitrogen and oxygen atoms in total. The third-order valence-corrected chi connectivity index (χ3v) is 1.90. The van der Waals surface area contributed by atoms with Gasteiger partial charge < -0.3 is 9.47 Å². The SMILES string of the molecule is CCC(F)(F)/C=C/COC(C)(C)COC. The zero-order valence-corrected chi connectivity index (χ0v) is 9.85. The van der Waals surface area contributed by atoms with Gasteiger partial charge >= 0.3 is 0 Å². The zero-order valence-electron chi connectivity index (χ0n) is 9.85. The van der Waals surface area contributed by atoms with Crippen LogP contribution in [-0.2, 0) is 9.47 Å². The highest BCUT2D eigenvalue weighted by Crippen LogP contribution is 2.19. The van der Waals surface area contributed by atoms with Crippen molar-refractivity contribution in [2.24, 2.45) is 0 Å². The highest BCUT2D eigenvalue weighted by Gasteiger charge is 2.21. The van der Waals surface area contributed by atoms with Crippen molar-refractivity contribution in [3.05, 3.63) is 12.2 Å². The lowest BCUT2D eigenvalue weighted by Gasteiger charge is -2.23. The molecule has 15 heavy (non-hydrogen) atoms. The van der Waals surface area contributed by atoms with Crippen molar-refractivity contribution in [1.29, 1.82) is 0 Å². The fourth-order valence-electron chi connectivity index (χ4n) is 1.00. The fourth-order valence-corrected chi connectivity index (χ4v) is 1.00. The summed E-state index contributed by atoms with van der Waals surface area (Å²) < 4.78 is 35.8. The highest BCUT2D eigenvalue weighted by molar-refractivity contribution is 4.94. The van der Waals surface area contributed by atoms with Crippen molar-refractivity contribution in [1.82, 2.24) is 0 Å². The Morgan fingerprint density at radius 1 is 1.27 bits per heavy atom. The number of hydrogen-bond donors (Lipinski definition) is 0. The maximum Gasteiger partial charge on any atom is 0.266 e. The quantitative estimate of drug-likeness (QED) is 0.616. The molecular formula is C11H20F2O2. The molecule has 0 amide bonds. The molecule has 0 N–H and O–H groups in total. The normalized spacial score (nSPS) is 13.7. The Balaban J connectivity index is 3.88. The summed E-state index contributed by atoms with van der Waals surface area (Å²) in [5, 5.41) is 0. The molecule has 0 atom stereocenters. The van der Waals surface area contributed by atoms with Crippen LogP contribution in [0.5, 0.6) is 0 Å². The van der Waals surface area contributed by atoms with Crippen LogP contribution in [0.1, 0.15) is 27.2 Å².